The van der Waals surface area contributed by atoms with Crippen LogP contribution >= 0.6 is 0 Å². The van der Waals surface area contributed by atoms with E-state index in [9.17, 15) is 14.7 Å². The van der Waals surface area contributed by atoms with E-state index in [0.29, 0.717) is 28.5 Å². The summed E-state index contributed by atoms with van der Waals surface area (Å²) in [5, 5.41) is 12.5. The summed E-state index contributed by atoms with van der Waals surface area (Å²) < 4.78 is 16.1. The summed E-state index contributed by atoms with van der Waals surface area (Å²) in [4.78, 5) is 24.8. The lowest BCUT2D eigenvalue weighted by Gasteiger charge is -2.17. The molecule has 7 heteroatoms. The van der Waals surface area contributed by atoms with E-state index >= 15 is 0 Å². The Kier molecular flexibility index (Phi) is 4.96. The number of ether oxygens (including phenoxy) is 3. The van der Waals surface area contributed by atoms with Gasteiger partial charge in [-0.3, -0.25) is 4.79 Å². The Morgan fingerprint density at radius 2 is 1.79 bits per heavy atom. The van der Waals surface area contributed by atoms with E-state index in [0.717, 1.165) is 29.5 Å². The van der Waals surface area contributed by atoms with Crippen LogP contribution < -0.4 is 19.5 Å². The molecule has 3 aromatic carbocycles. The Balaban J connectivity index is 1.44. The van der Waals surface area contributed by atoms with Gasteiger partial charge in [0.05, 0.1) is 18.1 Å². The third kappa shape index (κ3) is 3.75. The standard InChI is InChI=1S/C26H23NO6/c1-15-3-5-19(13-21(15)16-9-17(24(28)29)11-20(10-16)31-2)27-25(30)26(7-8-26)18-4-6-22-23(12-18)33-14-32-22/h3-6,9-13H,7-8,14H2,1-2H3,(H,27,30)(H,28,29). The number of carbonyl (C=O) groups excluding carboxylic acids is 1. The van der Waals surface area contributed by atoms with Crippen LogP contribution in [0.15, 0.2) is 54.6 Å². The zero-order valence-electron chi connectivity index (χ0n) is 18.3. The number of rotatable bonds is 6. The molecule has 0 radical (unpaired) electrons. The number of aryl methyl sites for hydroxylation is 1. The topological polar surface area (TPSA) is 94.1 Å². The van der Waals surface area contributed by atoms with E-state index in [-0.39, 0.29) is 18.3 Å². The molecule has 1 heterocycles. The fourth-order valence-electron chi connectivity index (χ4n) is 4.22. The molecule has 0 aromatic heterocycles. The molecule has 7 nitrogen and oxygen atoms in total. The molecule has 0 unspecified atom stereocenters. The second kappa shape index (κ2) is 7.85. The van der Waals surface area contributed by atoms with Crippen molar-refractivity contribution in [3.8, 4) is 28.4 Å². The molecule has 0 bridgehead atoms. The molecule has 168 valence electrons. The Morgan fingerprint density at radius 1 is 1.00 bits per heavy atom. The first-order valence-corrected chi connectivity index (χ1v) is 10.6. The molecule has 3 aromatic rings. The Hall–Kier alpha value is -4.00. The second-order valence-electron chi connectivity index (χ2n) is 8.39. The molecule has 1 fully saturated rings. The van der Waals surface area contributed by atoms with Crippen molar-refractivity contribution in [1.29, 1.82) is 0 Å². The summed E-state index contributed by atoms with van der Waals surface area (Å²) in [6, 6.07) is 16.2. The molecule has 1 aliphatic heterocycles. The van der Waals surface area contributed by atoms with Gasteiger partial charge >= 0.3 is 5.97 Å². The second-order valence-corrected chi connectivity index (χ2v) is 8.39. The van der Waals surface area contributed by atoms with E-state index in [1.165, 1.54) is 13.2 Å². The summed E-state index contributed by atoms with van der Waals surface area (Å²) in [7, 11) is 1.50. The number of benzene rings is 3. The van der Waals surface area contributed by atoms with E-state index in [1.54, 1.807) is 12.1 Å². The number of carboxylic acid groups (broad SMARTS) is 1. The van der Waals surface area contributed by atoms with E-state index in [2.05, 4.69) is 5.32 Å². The smallest absolute Gasteiger partial charge is 0.335 e. The molecule has 5 rings (SSSR count). The van der Waals surface area contributed by atoms with Gasteiger partial charge in [0.2, 0.25) is 12.7 Å². The first kappa shape index (κ1) is 20.9. The number of nitrogens with one attached hydrogen (secondary N) is 1. The number of carbonyl (C=O) groups is 2. The van der Waals surface area contributed by atoms with Gasteiger partial charge in [0.25, 0.3) is 0 Å². The van der Waals surface area contributed by atoms with Gasteiger partial charge in [0.1, 0.15) is 5.75 Å². The van der Waals surface area contributed by atoms with Crippen molar-refractivity contribution >= 4 is 17.6 Å². The largest absolute Gasteiger partial charge is 0.497 e. The summed E-state index contributed by atoms with van der Waals surface area (Å²) in [5.74, 6) is 0.705. The molecule has 0 atom stereocenters. The molecular formula is C26H23NO6. The maximum Gasteiger partial charge on any atom is 0.335 e. The zero-order valence-corrected chi connectivity index (χ0v) is 18.3. The minimum atomic E-state index is -1.03. The number of methoxy groups -OCH3 is 1. The average Bonchev–Trinajstić information content (AvgIpc) is 3.50. The number of anilines is 1. The highest BCUT2D eigenvalue weighted by molar-refractivity contribution is 6.02. The summed E-state index contributed by atoms with van der Waals surface area (Å²) in [6.07, 6.45) is 1.52. The van der Waals surface area contributed by atoms with Gasteiger partial charge in [-0.25, -0.2) is 4.79 Å². The van der Waals surface area contributed by atoms with Crippen LogP contribution in [0.25, 0.3) is 11.1 Å². The third-order valence-electron chi connectivity index (χ3n) is 6.31. The monoisotopic (exact) mass is 445 g/mol. The zero-order chi connectivity index (χ0) is 23.2. The van der Waals surface area contributed by atoms with Crippen LogP contribution in [0, 0.1) is 6.92 Å². The summed E-state index contributed by atoms with van der Waals surface area (Å²) in [6.45, 7) is 2.13. The van der Waals surface area contributed by atoms with Crippen LogP contribution in [0.3, 0.4) is 0 Å². The van der Waals surface area contributed by atoms with Gasteiger partial charge in [-0.15, -0.1) is 0 Å². The first-order chi connectivity index (χ1) is 15.9. The van der Waals surface area contributed by atoms with Crippen LogP contribution in [0.2, 0.25) is 0 Å². The van der Waals surface area contributed by atoms with Crippen molar-refractivity contribution in [3.63, 3.8) is 0 Å². The number of hydrogen-bond acceptors (Lipinski definition) is 5. The highest BCUT2D eigenvalue weighted by Gasteiger charge is 2.51. The molecule has 1 amide bonds. The molecule has 1 saturated carbocycles. The SMILES string of the molecule is COc1cc(C(=O)O)cc(-c2cc(NC(=O)C3(c4ccc5c(c4)OCO5)CC3)ccc2C)c1. The Bertz CT molecular complexity index is 1280. The van der Waals surface area contributed by atoms with E-state index < -0.39 is 11.4 Å². The van der Waals surface area contributed by atoms with Gasteiger partial charge in [0, 0.05) is 5.69 Å². The quantitative estimate of drug-likeness (QED) is 0.568. The van der Waals surface area contributed by atoms with Crippen molar-refractivity contribution in [1.82, 2.24) is 0 Å². The van der Waals surface area contributed by atoms with Crippen molar-refractivity contribution in [2.24, 2.45) is 0 Å². The normalized spacial score (nSPS) is 15.1. The number of amides is 1. The molecule has 2 N–H and O–H groups in total. The summed E-state index contributed by atoms with van der Waals surface area (Å²) >= 11 is 0. The minimum Gasteiger partial charge on any atom is -0.497 e. The Morgan fingerprint density at radius 3 is 2.52 bits per heavy atom. The molecular weight excluding hydrogens is 422 g/mol. The fraction of sp³-hybridized carbons (Fsp3) is 0.231. The van der Waals surface area contributed by atoms with Crippen LogP contribution in [0.5, 0.6) is 17.2 Å². The Labute approximate surface area is 190 Å². The van der Waals surface area contributed by atoms with Gasteiger partial charge in [-0.05, 0) is 84.5 Å². The molecule has 2 aliphatic rings. The molecule has 33 heavy (non-hydrogen) atoms. The lowest BCUT2D eigenvalue weighted by molar-refractivity contribution is -0.118. The van der Waals surface area contributed by atoms with Crippen molar-refractivity contribution in [2.75, 3.05) is 19.2 Å². The summed E-state index contributed by atoms with van der Waals surface area (Å²) in [5.41, 5.74) is 3.59. The van der Waals surface area contributed by atoms with Crippen LogP contribution in [-0.4, -0.2) is 30.9 Å². The molecule has 0 saturated heterocycles. The maximum absolute atomic E-state index is 13.3. The molecule has 1 aliphatic carbocycles. The highest BCUT2D eigenvalue weighted by atomic mass is 16.7. The maximum atomic E-state index is 13.3. The number of carboxylic acids is 1. The number of aromatic carboxylic acids is 1. The minimum absolute atomic E-state index is 0.0759. The van der Waals surface area contributed by atoms with E-state index in [1.807, 2.05) is 43.3 Å². The van der Waals surface area contributed by atoms with Gasteiger partial charge in [-0.2, -0.15) is 0 Å². The van der Waals surface area contributed by atoms with Crippen LogP contribution in [0.1, 0.15) is 34.3 Å². The number of hydrogen-bond donors (Lipinski definition) is 2. The predicted molar refractivity (Wildman–Crippen MR) is 122 cm³/mol. The van der Waals surface area contributed by atoms with Crippen molar-refractivity contribution in [3.05, 3.63) is 71.3 Å². The van der Waals surface area contributed by atoms with Gasteiger partial charge < -0.3 is 24.6 Å². The van der Waals surface area contributed by atoms with Crippen LogP contribution in [0.4, 0.5) is 5.69 Å². The first-order valence-electron chi connectivity index (χ1n) is 10.6. The average molecular weight is 445 g/mol. The highest BCUT2D eigenvalue weighted by Crippen LogP contribution is 2.51. The lowest BCUT2D eigenvalue weighted by atomic mass is 9.94. The van der Waals surface area contributed by atoms with Crippen molar-refractivity contribution < 1.29 is 28.9 Å². The number of fused-ring (bicyclic) bond motifs is 1. The molecule has 0 spiro atoms. The fourth-order valence-corrected chi connectivity index (χ4v) is 4.22. The van der Waals surface area contributed by atoms with Gasteiger partial charge in [0.15, 0.2) is 11.5 Å². The van der Waals surface area contributed by atoms with E-state index in [4.69, 9.17) is 14.2 Å². The predicted octanol–water partition coefficient (Wildman–Crippen LogP) is 4.77. The van der Waals surface area contributed by atoms with Crippen LogP contribution in [-0.2, 0) is 10.2 Å². The van der Waals surface area contributed by atoms with Gasteiger partial charge in [-0.1, -0.05) is 12.1 Å². The third-order valence-corrected chi connectivity index (χ3v) is 6.31. The van der Waals surface area contributed by atoms with Crippen molar-refractivity contribution in [2.45, 2.75) is 25.2 Å². The lowest BCUT2D eigenvalue weighted by Crippen LogP contribution is -2.27.